The lowest BCUT2D eigenvalue weighted by Crippen LogP contribution is -1.93. The molecule has 0 aliphatic heterocycles. The first-order chi connectivity index (χ1) is 7.66. The van der Waals surface area contributed by atoms with E-state index in [2.05, 4.69) is 15.2 Å². The van der Waals surface area contributed by atoms with Gasteiger partial charge in [0, 0.05) is 5.02 Å². The summed E-state index contributed by atoms with van der Waals surface area (Å²) in [6, 6.07) is 3.73. The predicted octanol–water partition coefficient (Wildman–Crippen LogP) is 2.89. The monoisotopic (exact) mass is 252 g/mol. The minimum Gasteiger partial charge on any atom is -0.277 e. The Hall–Kier alpha value is -1.39. The second-order valence-corrected chi connectivity index (χ2v) is 4.28. The van der Waals surface area contributed by atoms with Crippen molar-refractivity contribution in [2.24, 2.45) is 0 Å². The van der Waals surface area contributed by atoms with Gasteiger partial charge in [0.2, 0.25) is 0 Å². The van der Waals surface area contributed by atoms with E-state index in [1.54, 1.807) is 16.8 Å². The van der Waals surface area contributed by atoms with Crippen molar-refractivity contribution < 1.29 is 0 Å². The molecule has 0 bridgehead atoms. The number of fused-ring (bicyclic) bond motifs is 3. The zero-order valence-corrected chi connectivity index (χ0v) is 9.79. The van der Waals surface area contributed by atoms with Gasteiger partial charge in [0.05, 0.1) is 11.0 Å². The average molecular weight is 253 g/mol. The Morgan fingerprint density at radius 2 is 2.06 bits per heavy atom. The highest BCUT2D eigenvalue weighted by molar-refractivity contribution is 6.33. The first-order valence-corrected chi connectivity index (χ1v) is 5.37. The normalized spacial score (nSPS) is 11.4. The molecule has 80 valence electrons. The van der Waals surface area contributed by atoms with Crippen LogP contribution < -0.4 is 0 Å². The SMILES string of the molecule is Cc1cc2c(cc1Cl)nc(Cl)c1nncn12. The molecule has 6 heteroatoms. The summed E-state index contributed by atoms with van der Waals surface area (Å²) < 4.78 is 1.80. The van der Waals surface area contributed by atoms with E-state index < -0.39 is 0 Å². The molecule has 2 aromatic heterocycles. The molecule has 0 spiro atoms. The van der Waals surface area contributed by atoms with Crippen molar-refractivity contribution >= 4 is 39.9 Å². The number of halogens is 2. The lowest BCUT2D eigenvalue weighted by Gasteiger charge is -2.04. The maximum atomic E-state index is 6.04. The van der Waals surface area contributed by atoms with Crippen LogP contribution in [0.2, 0.25) is 10.2 Å². The predicted molar refractivity (Wildman–Crippen MR) is 63.0 cm³/mol. The van der Waals surface area contributed by atoms with Crippen molar-refractivity contribution in [1.82, 2.24) is 19.6 Å². The van der Waals surface area contributed by atoms with Crippen molar-refractivity contribution in [2.75, 3.05) is 0 Å². The van der Waals surface area contributed by atoms with E-state index in [0.717, 1.165) is 16.6 Å². The number of hydrogen-bond acceptors (Lipinski definition) is 3. The Balaban J connectivity index is 2.59. The van der Waals surface area contributed by atoms with Crippen molar-refractivity contribution in [3.05, 3.63) is 34.2 Å². The lowest BCUT2D eigenvalue weighted by molar-refractivity contribution is 1.11. The molecule has 0 fully saturated rings. The van der Waals surface area contributed by atoms with E-state index in [0.29, 0.717) is 15.8 Å². The molecule has 3 aromatic rings. The maximum absolute atomic E-state index is 6.04. The topological polar surface area (TPSA) is 43.1 Å². The standard InChI is InChI=1S/C10H6Cl2N4/c1-5-2-8-7(3-6(5)11)14-9(12)10-15-13-4-16(8)10/h2-4H,1H3. The molecule has 0 aliphatic rings. The Morgan fingerprint density at radius 1 is 1.25 bits per heavy atom. The van der Waals surface area contributed by atoms with Gasteiger partial charge in [-0.15, -0.1) is 10.2 Å². The van der Waals surface area contributed by atoms with Crippen molar-refractivity contribution in [3.63, 3.8) is 0 Å². The number of aromatic nitrogens is 4. The van der Waals surface area contributed by atoms with Gasteiger partial charge in [0.25, 0.3) is 0 Å². The highest BCUT2D eigenvalue weighted by Gasteiger charge is 2.09. The smallest absolute Gasteiger partial charge is 0.198 e. The minimum atomic E-state index is 0.324. The van der Waals surface area contributed by atoms with Gasteiger partial charge in [-0.2, -0.15) is 0 Å². The van der Waals surface area contributed by atoms with E-state index in [1.807, 2.05) is 13.0 Å². The summed E-state index contributed by atoms with van der Waals surface area (Å²) >= 11 is 12.0. The fourth-order valence-electron chi connectivity index (χ4n) is 1.65. The number of nitrogens with zero attached hydrogens (tertiary/aromatic N) is 4. The summed E-state index contributed by atoms with van der Waals surface area (Å²) in [5.41, 5.74) is 3.16. The Kier molecular flexibility index (Phi) is 2.02. The van der Waals surface area contributed by atoms with Crippen LogP contribution in [0.1, 0.15) is 5.56 Å². The Morgan fingerprint density at radius 3 is 2.88 bits per heavy atom. The van der Waals surface area contributed by atoms with Gasteiger partial charge in [0.15, 0.2) is 10.8 Å². The number of rotatable bonds is 0. The second kappa shape index (κ2) is 3.30. The number of hydrogen-bond donors (Lipinski definition) is 0. The summed E-state index contributed by atoms with van der Waals surface area (Å²) in [5.74, 6) is 0. The highest BCUT2D eigenvalue weighted by atomic mass is 35.5. The Labute approximate surface area is 101 Å². The van der Waals surface area contributed by atoms with Crippen LogP contribution in [-0.4, -0.2) is 19.6 Å². The minimum absolute atomic E-state index is 0.324. The summed E-state index contributed by atoms with van der Waals surface area (Å²) in [7, 11) is 0. The second-order valence-electron chi connectivity index (χ2n) is 3.52. The van der Waals surface area contributed by atoms with Gasteiger partial charge in [-0.3, -0.25) is 4.40 Å². The molecule has 3 rings (SSSR count). The van der Waals surface area contributed by atoms with E-state index in [-0.39, 0.29) is 0 Å². The molecule has 0 saturated carbocycles. The van der Waals surface area contributed by atoms with Gasteiger partial charge in [-0.05, 0) is 24.6 Å². The lowest BCUT2D eigenvalue weighted by atomic mass is 10.2. The fraction of sp³-hybridized carbons (Fsp3) is 0.100. The van der Waals surface area contributed by atoms with Crippen LogP contribution >= 0.6 is 23.2 Å². The van der Waals surface area contributed by atoms with E-state index in [4.69, 9.17) is 23.2 Å². The third-order valence-electron chi connectivity index (χ3n) is 2.47. The summed E-state index contributed by atoms with van der Waals surface area (Å²) in [6.45, 7) is 1.94. The number of benzene rings is 1. The summed E-state index contributed by atoms with van der Waals surface area (Å²) in [5, 5.41) is 8.72. The first-order valence-electron chi connectivity index (χ1n) is 4.62. The zero-order chi connectivity index (χ0) is 11.3. The van der Waals surface area contributed by atoms with Crippen LogP contribution in [0.4, 0.5) is 0 Å². The van der Waals surface area contributed by atoms with Crippen molar-refractivity contribution in [2.45, 2.75) is 6.92 Å². The molecule has 0 unspecified atom stereocenters. The van der Waals surface area contributed by atoms with Gasteiger partial charge in [-0.1, -0.05) is 23.2 Å². The quantitative estimate of drug-likeness (QED) is 0.618. The summed E-state index contributed by atoms with van der Waals surface area (Å²) in [6.07, 6.45) is 1.61. The van der Waals surface area contributed by atoms with Crippen LogP contribution in [-0.2, 0) is 0 Å². The fourth-order valence-corrected chi connectivity index (χ4v) is 2.02. The molecule has 16 heavy (non-hydrogen) atoms. The number of aryl methyl sites for hydroxylation is 1. The van der Waals surface area contributed by atoms with Gasteiger partial charge >= 0.3 is 0 Å². The van der Waals surface area contributed by atoms with Crippen molar-refractivity contribution in [1.29, 1.82) is 0 Å². The molecule has 0 amide bonds. The molecule has 0 atom stereocenters. The van der Waals surface area contributed by atoms with E-state index in [1.165, 1.54) is 0 Å². The van der Waals surface area contributed by atoms with E-state index in [9.17, 15) is 0 Å². The molecule has 0 N–H and O–H groups in total. The molecule has 0 aliphatic carbocycles. The zero-order valence-electron chi connectivity index (χ0n) is 8.28. The molecule has 0 radical (unpaired) electrons. The largest absolute Gasteiger partial charge is 0.277 e. The Bertz CT molecular complexity index is 705. The van der Waals surface area contributed by atoms with Crippen LogP contribution in [0, 0.1) is 6.92 Å². The van der Waals surface area contributed by atoms with E-state index >= 15 is 0 Å². The van der Waals surface area contributed by atoms with Crippen LogP contribution in [0.15, 0.2) is 18.5 Å². The maximum Gasteiger partial charge on any atom is 0.198 e. The third kappa shape index (κ3) is 1.27. The summed E-state index contributed by atoms with van der Waals surface area (Å²) in [4.78, 5) is 4.24. The van der Waals surface area contributed by atoms with Gasteiger partial charge in [-0.25, -0.2) is 4.98 Å². The average Bonchev–Trinajstić information content (AvgIpc) is 2.71. The van der Waals surface area contributed by atoms with Crippen LogP contribution in [0.25, 0.3) is 16.7 Å². The van der Waals surface area contributed by atoms with Gasteiger partial charge in [0.1, 0.15) is 6.33 Å². The van der Waals surface area contributed by atoms with Gasteiger partial charge < -0.3 is 0 Å². The molecular weight excluding hydrogens is 247 g/mol. The first kappa shape index (κ1) is 9.81. The molecule has 4 nitrogen and oxygen atoms in total. The van der Waals surface area contributed by atoms with Crippen molar-refractivity contribution in [3.8, 4) is 0 Å². The molecular formula is C10H6Cl2N4. The van der Waals surface area contributed by atoms with Crippen LogP contribution in [0.3, 0.4) is 0 Å². The highest BCUT2D eigenvalue weighted by Crippen LogP contribution is 2.25. The molecule has 0 saturated heterocycles. The van der Waals surface area contributed by atoms with Crippen LogP contribution in [0.5, 0.6) is 0 Å². The molecule has 2 heterocycles. The molecule has 1 aromatic carbocycles. The third-order valence-corrected chi connectivity index (χ3v) is 3.13.